The fourth-order valence-corrected chi connectivity index (χ4v) is 2.77. The molecule has 0 unspecified atom stereocenters. The van der Waals surface area contributed by atoms with Crippen LogP contribution in [0.5, 0.6) is 0 Å². The number of Topliss-reactive ketones (excluding diaryl/α,β-unsaturated/α-hetero) is 1. The topological polar surface area (TPSA) is 51.9 Å². The SMILES string of the molecule is Cn1c(-c2ccccc2)c[n+](CC(=O)c2ccc(Br)cc2)c1N. The van der Waals surface area contributed by atoms with E-state index in [1.54, 1.807) is 4.57 Å². The molecule has 0 saturated carbocycles. The molecular weight excluding hydrogens is 354 g/mol. The third-order valence-electron chi connectivity index (χ3n) is 3.83. The Balaban J connectivity index is 1.89. The molecule has 1 heterocycles. The minimum absolute atomic E-state index is 0.0272. The predicted molar refractivity (Wildman–Crippen MR) is 93.9 cm³/mol. The highest BCUT2D eigenvalue weighted by Gasteiger charge is 2.20. The molecule has 0 fully saturated rings. The summed E-state index contributed by atoms with van der Waals surface area (Å²) in [6.07, 6.45) is 1.92. The molecule has 23 heavy (non-hydrogen) atoms. The number of halogens is 1. The van der Waals surface area contributed by atoms with E-state index >= 15 is 0 Å². The van der Waals surface area contributed by atoms with E-state index in [2.05, 4.69) is 15.9 Å². The minimum atomic E-state index is 0.0272. The van der Waals surface area contributed by atoms with Crippen molar-refractivity contribution in [1.29, 1.82) is 0 Å². The van der Waals surface area contributed by atoms with E-state index in [0.29, 0.717) is 11.5 Å². The number of imidazole rings is 1. The average molecular weight is 371 g/mol. The van der Waals surface area contributed by atoms with Crippen molar-refractivity contribution in [3.63, 3.8) is 0 Å². The van der Waals surface area contributed by atoms with Crippen LogP contribution in [0.1, 0.15) is 10.4 Å². The van der Waals surface area contributed by atoms with E-state index in [1.165, 1.54) is 0 Å². The van der Waals surface area contributed by atoms with Gasteiger partial charge in [0.05, 0.1) is 7.05 Å². The van der Waals surface area contributed by atoms with Crippen molar-refractivity contribution in [1.82, 2.24) is 4.57 Å². The normalized spacial score (nSPS) is 10.7. The van der Waals surface area contributed by atoms with Crippen molar-refractivity contribution in [3.05, 3.63) is 70.8 Å². The summed E-state index contributed by atoms with van der Waals surface area (Å²) >= 11 is 3.37. The number of rotatable bonds is 4. The Morgan fingerprint density at radius 2 is 1.78 bits per heavy atom. The summed E-state index contributed by atoms with van der Waals surface area (Å²) in [5.41, 5.74) is 8.87. The second-order valence-corrected chi connectivity index (χ2v) is 6.27. The molecule has 0 bridgehead atoms. The van der Waals surface area contributed by atoms with Crippen LogP contribution in [0.2, 0.25) is 0 Å². The number of hydrogen-bond acceptors (Lipinski definition) is 2. The zero-order chi connectivity index (χ0) is 16.4. The monoisotopic (exact) mass is 370 g/mol. The molecule has 0 atom stereocenters. The molecule has 0 radical (unpaired) electrons. The zero-order valence-electron chi connectivity index (χ0n) is 12.7. The Morgan fingerprint density at radius 1 is 1.13 bits per heavy atom. The van der Waals surface area contributed by atoms with E-state index in [-0.39, 0.29) is 12.3 Å². The quantitative estimate of drug-likeness (QED) is 0.566. The van der Waals surface area contributed by atoms with E-state index in [9.17, 15) is 4.79 Å². The van der Waals surface area contributed by atoms with Gasteiger partial charge in [-0.1, -0.05) is 58.4 Å². The molecule has 2 N–H and O–H groups in total. The number of nitrogen functional groups attached to an aromatic ring is 1. The molecule has 4 nitrogen and oxygen atoms in total. The molecule has 0 saturated heterocycles. The Morgan fingerprint density at radius 3 is 2.43 bits per heavy atom. The third kappa shape index (κ3) is 3.19. The molecule has 1 aromatic heterocycles. The van der Waals surface area contributed by atoms with Gasteiger partial charge in [0.15, 0.2) is 5.78 Å². The van der Waals surface area contributed by atoms with E-state index in [4.69, 9.17) is 5.73 Å². The lowest BCUT2D eigenvalue weighted by atomic mass is 10.1. The van der Waals surface area contributed by atoms with Gasteiger partial charge in [0.25, 0.3) is 0 Å². The molecular formula is C18H17BrN3O+. The summed E-state index contributed by atoms with van der Waals surface area (Å²) in [5, 5.41) is 0. The van der Waals surface area contributed by atoms with Gasteiger partial charge in [0, 0.05) is 15.6 Å². The number of anilines is 1. The van der Waals surface area contributed by atoms with Gasteiger partial charge in [0.1, 0.15) is 18.4 Å². The van der Waals surface area contributed by atoms with E-state index < -0.39 is 0 Å². The van der Waals surface area contributed by atoms with Crippen LogP contribution in [0.4, 0.5) is 5.95 Å². The van der Waals surface area contributed by atoms with Crippen molar-refractivity contribution < 1.29 is 9.36 Å². The van der Waals surface area contributed by atoms with Gasteiger partial charge in [-0.05, 0) is 12.1 Å². The number of nitrogens with two attached hydrogens (primary N) is 1. The molecule has 0 amide bonds. The van der Waals surface area contributed by atoms with Gasteiger partial charge < -0.3 is 0 Å². The fraction of sp³-hybridized carbons (Fsp3) is 0.111. The van der Waals surface area contributed by atoms with Crippen LogP contribution in [0.25, 0.3) is 11.3 Å². The number of ketones is 1. The molecule has 0 spiro atoms. The van der Waals surface area contributed by atoms with Gasteiger partial charge in [-0.2, -0.15) is 0 Å². The van der Waals surface area contributed by atoms with Gasteiger partial charge in [-0.25, -0.2) is 9.13 Å². The highest BCUT2D eigenvalue weighted by molar-refractivity contribution is 9.10. The van der Waals surface area contributed by atoms with Gasteiger partial charge in [-0.15, -0.1) is 0 Å². The van der Waals surface area contributed by atoms with Gasteiger partial charge >= 0.3 is 5.95 Å². The summed E-state index contributed by atoms with van der Waals surface area (Å²) in [5.74, 6) is 0.578. The summed E-state index contributed by atoms with van der Waals surface area (Å²) in [6, 6.07) is 17.3. The molecule has 3 rings (SSSR count). The number of carbonyl (C=O) groups excluding carboxylic acids is 1. The van der Waals surface area contributed by atoms with Crippen LogP contribution in [0, 0.1) is 0 Å². The van der Waals surface area contributed by atoms with Crippen LogP contribution in [0.3, 0.4) is 0 Å². The lowest BCUT2D eigenvalue weighted by molar-refractivity contribution is -0.667. The Labute approximate surface area is 143 Å². The second-order valence-electron chi connectivity index (χ2n) is 5.36. The second kappa shape index (κ2) is 6.38. The Kier molecular flexibility index (Phi) is 4.30. The summed E-state index contributed by atoms with van der Waals surface area (Å²) in [4.78, 5) is 12.4. The van der Waals surface area contributed by atoms with Crippen LogP contribution in [-0.4, -0.2) is 10.4 Å². The summed E-state index contributed by atoms with van der Waals surface area (Å²) < 4.78 is 4.63. The maximum absolute atomic E-state index is 12.4. The minimum Gasteiger partial charge on any atom is -0.291 e. The fourth-order valence-electron chi connectivity index (χ4n) is 2.50. The highest BCUT2D eigenvalue weighted by Crippen LogP contribution is 2.19. The number of nitrogens with zero attached hydrogens (tertiary/aromatic N) is 2. The average Bonchev–Trinajstić information content (AvgIpc) is 2.85. The highest BCUT2D eigenvalue weighted by atomic mass is 79.9. The lowest BCUT2D eigenvalue weighted by Crippen LogP contribution is -2.39. The van der Waals surface area contributed by atoms with Crippen LogP contribution < -0.4 is 10.3 Å². The number of carbonyl (C=O) groups is 1. The number of hydrogen-bond donors (Lipinski definition) is 1. The van der Waals surface area contributed by atoms with Crippen molar-refractivity contribution in [2.24, 2.45) is 7.05 Å². The smallest absolute Gasteiger partial charge is 0.291 e. The van der Waals surface area contributed by atoms with Crippen LogP contribution in [0.15, 0.2) is 65.3 Å². The van der Waals surface area contributed by atoms with Crippen LogP contribution in [-0.2, 0) is 13.6 Å². The van der Waals surface area contributed by atoms with Crippen LogP contribution >= 0.6 is 15.9 Å². The number of aromatic nitrogens is 2. The lowest BCUT2D eigenvalue weighted by Gasteiger charge is -2.00. The first kappa shape index (κ1) is 15.5. The largest absolute Gasteiger partial charge is 0.355 e. The summed E-state index contributed by atoms with van der Waals surface area (Å²) in [7, 11) is 1.90. The Bertz CT molecular complexity index is 839. The van der Waals surface area contributed by atoms with Crippen molar-refractivity contribution in [2.75, 3.05) is 5.73 Å². The molecule has 0 aliphatic carbocycles. The number of benzene rings is 2. The first-order valence-electron chi connectivity index (χ1n) is 7.25. The predicted octanol–water partition coefficient (Wildman–Crippen LogP) is 3.21. The van der Waals surface area contributed by atoms with Crippen molar-refractivity contribution in [2.45, 2.75) is 6.54 Å². The maximum atomic E-state index is 12.4. The molecule has 2 aromatic carbocycles. The van der Waals surface area contributed by atoms with E-state index in [0.717, 1.165) is 15.7 Å². The van der Waals surface area contributed by atoms with Crippen molar-refractivity contribution in [3.8, 4) is 11.3 Å². The summed E-state index contributed by atoms with van der Waals surface area (Å²) in [6.45, 7) is 0.216. The zero-order valence-corrected chi connectivity index (χ0v) is 14.3. The standard InChI is InChI=1S/C18H16BrN3O/c1-21-16(13-5-3-2-4-6-13)11-22(18(21)20)12-17(23)14-7-9-15(19)10-8-14/h2-11,20H,12H2,1H3/p+1. The van der Waals surface area contributed by atoms with Gasteiger partial charge in [-0.3, -0.25) is 10.5 Å². The maximum Gasteiger partial charge on any atom is 0.355 e. The third-order valence-corrected chi connectivity index (χ3v) is 4.36. The molecule has 5 heteroatoms. The van der Waals surface area contributed by atoms with E-state index in [1.807, 2.05) is 72.4 Å². The molecule has 0 aliphatic heterocycles. The first-order valence-corrected chi connectivity index (χ1v) is 8.04. The molecule has 3 aromatic rings. The molecule has 0 aliphatic rings. The van der Waals surface area contributed by atoms with Crippen molar-refractivity contribution >= 4 is 27.7 Å². The van der Waals surface area contributed by atoms with Gasteiger partial charge in [0.2, 0.25) is 0 Å². The molecule has 116 valence electrons. The Hall–Kier alpha value is -2.40. The first-order chi connectivity index (χ1) is 11.1.